The van der Waals surface area contributed by atoms with E-state index in [9.17, 15) is 14.7 Å². The van der Waals surface area contributed by atoms with Crippen molar-refractivity contribution >= 4 is 27.9 Å². The van der Waals surface area contributed by atoms with Gasteiger partial charge >= 0.3 is 6.03 Å². The molecule has 0 saturated carbocycles. The van der Waals surface area contributed by atoms with Crippen LogP contribution in [0.4, 0.5) is 4.79 Å². The molecule has 7 nitrogen and oxygen atoms in total. The molecule has 2 rings (SSSR count). The lowest BCUT2D eigenvalue weighted by Gasteiger charge is -2.28. The van der Waals surface area contributed by atoms with Crippen LogP contribution in [0.15, 0.2) is 27.9 Å². The maximum absolute atomic E-state index is 11.7. The molecule has 1 aromatic rings. The molecular formula is C13H14BrN3O4. The Kier molecular flexibility index (Phi) is 4.08. The predicted molar refractivity (Wildman–Crippen MR) is 78.7 cm³/mol. The molecule has 0 radical (unpaired) electrons. The van der Waals surface area contributed by atoms with E-state index in [-0.39, 0.29) is 17.1 Å². The van der Waals surface area contributed by atoms with Gasteiger partial charge < -0.3 is 26.2 Å². The average molecular weight is 356 g/mol. The monoisotopic (exact) mass is 355 g/mol. The summed E-state index contributed by atoms with van der Waals surface area (Å²) in [7, 11) is 1.41. The van der Waals surface area contributed by atoms with Crippen LogP contribution >= 0.6 is 15.9 Å². The fourth-order valence-electron chi connectivity index (χ4n) is 2.22. The number of rotatable bonds is 3. The molecule has 1 heterocycles. The number of aromatic hydroxyl groups is 1. The first-order valence-corrected chi connectivity index (χ1v) is 6.79. The summed E-state index contributed by atoms with van der Waals surface area (Å²) in [5, 5.41) is 15.3. The molecule has 3 amide bonds. The van der Waals surface area contributed by atoms with Crippen LogP contribution in [-0.2, 0) is 4.79 Å². The molecule has 0 bridgehead atoms. The smallest absolute Gasteiger partial charge is 0.319 e. The first-order chi connectivity index (χ1) is 9.85. The second kappa shape index (κ2) is 5.65. The number of benzene rings is 1. The Bertz CT molecular complexity index is 657. The zero-order chi connectivity index (χ0) is 15.7. The number of phenolic OH excluding ortho intramolecular Hbond substituents is 1. The van der Waals surface area contributed by atoms with Gasteiger partial charge in [-0.15, -0.1) is 0 Å². The van der Waals surface area contributed by atoms with E-state index in [1.807, 2.05) is 0 Å². The molecule has 8 heteroatoms. The summed E-state index contributed by atoms with van der Waals surface area (Å²) in [5.74, 6) is -0.642. The van der Waals surface area contributed by atoms with Gasteiger partial charge in [0.2, 0.25) is 5.91 Å². The first-order valence-electron chi connectivity index (χ1n) is 5.99. The number of nitrogens with two attached hydrogens (primary N) is 1. The van der Waals surface area contributed by atoms with E-state index in [0.717, 1.165) is 0 Å². The third-order valence-electron chi connectivity index (χ3n) is 3.13. The van der Waals surface area contributed by atoms with Gasteiger partial charge in [0.25, 0.3) is 0 Å². The Hall–Kier alpha value is -2.22. The van der Waals surface area contributed by atoms with Crippen molar-refractivity contribution in [2.24, 2.45) is 5.73 Å². The summed E-state index contributed by atoms with van der Waals surface area (Å²) >= 11 is 3.29. The van der Waals surface area contributed by atoms with Crippen molar-refractivity contribution in [2.75, 3.05) is 7.11 Å². The fourth-order valence-corrected chi connectivity index (χ4v) is 2.68. The van der Waals surface area contributed by atoms with Gasteiger partial charge in [0, 0.05) is 15.7 Å². The number of halogens is 1. The second-order valence-electron chi connectivity index (χ2n) is 4.48. The Morgan fingerprint density at radius 3 is 2.71 bits per heavy atom. The van der Waals surface area contributed by atoms with Gasteiger partial charge in [0.05, 0.1) is 18.7 Å². The van der Waals surface area contributed by atoms with Gasteiger partial charge in [-0.1, -0.05) is 15.9 Å². The van der Waals surface area contributed by atoms with Crippen molar-refractivity contribution in [3.8, 4) is 11.5 Å². The summed E-state index contributed by atoms with van der Waals surface area (Å²) in [4.78, 5) is 23.3. The number of methoxy groups -OCH3 is 1. The van der Waals surface area contributed by atoms with Crippen molar-refractivity contribution < 1.29 is 19.4 Å². The summed E-state index contributed by atoms with van der Waals surface area (Å²) in [6.45, 7) is 1.57. The molecule has 0 aliphatic carbocycles. The third-order valence-corrected chi connectivity index (χ3v) is 3.59. The lowest BCUT2D eigenvalue weighted by Crippen LogP contribution is -2.46. The molecular weight excluding hydrogens is 342 g/mol. The minimum absolute atomic E-state index is 0.167. The summed E-state index contributed by atoms with van der Waals surface area (Å²) < 4.78 is 5.69. The molecule has 0 saturated heterocycles. The Balaban J connectivity index is 2.64. The highest BCUT2D eigenvalue weighted by Gasteiger charge is 2.32. The van der Waals surface area contributed by atoms with Crippen molar-refractivity contribution in [1.82, 2.24) is 10.6 Å². The molecule has 1 atom stereocenters. The van der Waals surface area contributed by atoms with Crippen LogP contribution in [0, 0.1) is 0 Å². The van der Waals surface area contributed by atoms with Crippen molar-refractivity contribution in [3.63, 3.8) is 0 Å². The van der Waals surface area contributed by atoms with E-state index in [4.69, 9.17) is 10.5 Å². The van der Waals surface area contributed by atoms with E-state index in [1.165, 1.54) is 7.11 Å². The molecule has 1 aliphatic heterocycles. The molecule has 0 spiro atoms. The van der Waals surface area contributed by atoms with E-state index < -0.39 is 18.0 Å². The van der Waals surface area contributed by atoms with E-state index in [1.54, 1.807) is 19.1 Å². The highest BCUT2D eigenvalue weighted by atomic mass is 79.9. The van der Waals surface area contributed by atoms with Crippen LogP contribution in [0.2, 0.25) is 0 Å². The van der Waals surface area contributed by atoms with Crippen LogP contribution in [0.25, 0.3) is 0 Å². The minimum Gasteiger partial charge on any atom is -0.504 e. The van der Waals surface area contributed by atoms with Gasteiger partial charge in [0.15, 0.2) is 11.5 Å². The van der Waals surface area contributed by atoms with Gasteiger partial charge in [0.1, 0.15) is 0 Å². The largest absolute Gasteiger partial charge is 0.504 e. The molecule has 1 aromatic carbocycles. The van der Waals surface area contributed by atoms with Gasteiger partial charge in [-0.25, -0.2) is 4.79 Å². The fraction of sp³-hybridized carbons (Fsp3) is 0.231. The lowest BCUT2D eigenvalue weighted by molar-refractivity contribution is -0.115. The van der Waals surface area contributed by atoms with E-state index in [0.29, 0.717) is 15.7 Å². The number of allylic oxidation sites excluding steroid dienone is 1. The van der Waals surface area contributed by atoms with Crippen molar-refractivity contribution in [1.29, 1.82) is 0 Å². The number of hydrogen-bond donors (Lipinski definition) is 4. The maximum Gasteiger partial charge on any atom is 0.319 e. The van der Waals surface area contributed by atoms with E-state index >= 15 is 0 Å². The molecule has 0 fully saturated rings. The molecule has 0 aromatic heterocycles. The first kappa shape index (κ1) is 15.2. The molecule has 0 unspecified atom stereocenters. The van der Waals surface area contributed by atoms with E-state index in [2.05, 4.69) is 26.6 Å². The number of carbonyl (C=O) groups excluding carboxylic acids is 2. The zero-order valence-electron chi connectivity index (χ0n) is 11.4. The number of primary amides is 1. The van der Waals surface area contributed by atoms with Crippen LogP contribution in [0.3, 0.4) is 0 Å². The molecule has 5 N–H and O–H groups in total. The number of ether oxygens (including phenoxy) is 1. The second-order valence-corrected chi connectivity index (χ2v) is 5.40. The number of urea groups is 1. The standard InChI is InChI=1S/C13H14BrN3O4/c1-5-9(12(15)19)10(17-13(20)16-5)7-3-6(14)4-8(21-2)11(7)18/h3-4,10,18H,1-2H3,(H2,15,19)(H2,16,17,20)/t10-/m1/s1. The van der Waals surface area contributed by atoms with Gasteiger partial charge in [-0.2, -0.15) is 0 Å². The normalized spacial score (nSPS) is 18.0. The van der Waals surface area contributed by atoms with Gasteiger partial charge in [-0.05, 0) is 19.1 Å². The number of carbonyl (C=O) groups is 2. The average Bonchev–Trinajstić information content (AvgIpc) is 2.39. The van der Waals surface area contributed by atoms with Crippen molar-refractivity contribution in [3.05, 3.63) is 33.4 Å². The summed E-state index contributed by atoms with van der Waals surface area (Å²) in [6.07, 6.45) is 0. The number of nitrogens with one attached hydrogen (secondary N) is 2. The summed E-state index contributed by atoms with van der Waals surface area (Å²) in [5.41, 5.74) is 6.20. The van der Waals surface area contributed by atoms with Crippen LogP contribution < -0.4 is 21.1 Å². The Labute approximate surface area is 129 Å². The quantitative estimate of drug-likeness (QED) is 0.653. The highest BCUT2D eigenvalue weighted by molar-refractivity contribution is 9.10. The van der Waals surface area contributed by atoms with Crippen LogP contribution in [0.5, 0.6) is 11.5 Å². The topological polar surface area (TPSA) is 114 Å². The number of hydrogen-bond acceptors (Lipinski definition) is 4. The van der Waals surface area contributed by atoms with Crippen LogP contribution in [0.1, 0.15) is 18.5 Å². The predicted octanol–water partition coefficient (Wildman–Crippen LogP) is 1.28. The summed E-state index contributed by atoms with van der Waals surface area (Å²) in [6, 6.07) is 1.82. The zero-order valence-corrected chi connectivity index (χ0v) is 12.9. The third kappa shape index (κ3) is 2.80. The lowest BCUT2D eigenvalue weighted by atomic mass is 9.94. The SMILES string of the molecule is COc1cc(Br)cc([C@H]2NC(=O)NC(C)=C2C(N)=O)c1O. The minimum atomic E-state index is -0.859. The van der Waals surface area contributed by atoms with Crippen molar-refractivity contribution in [2.45, 2.75) is 13.0 Å². The molecule has 1 aliphatic rings. The van der Waals surface area contributed by atoms with Gasteiger partial charge in [-0.3, -0.25) is 4.79 Å². The number of phenols is 1. The Morgan fingerprint density at radius 1 is 1.48 bits per heavy atom. The molecule has 21 heavy (non-hydrogen) atoms. The Morgan fingerprint density at radius 2 is 2.14 bits per heavy atom. The van der Waals surface area contributed by atoms with Crippen LogP contribution in [-0.4, -0.2) is 24.2 Å². The molecule has 112 valence electrons. The highest BCUT2D eigenvalue weighted by Crippen LogP contribution is 2.40. The number of amides is 3. The maximum atomic E-state index is 11.7.